The summed E-state index contributed by atoms with van der Waals surface area (Å²) in [6.07, 6.45) is 2.47. The molecular formula is C21H29N5O3S. The maximum Gasteiger partial charge on any atom is 0.244 e. The van der Waals surface area contributed by atoms with E-state index in [4.69, 9.17) is 0 Å². The van der Waals surface area contributed by atoms with Crippen LogP contribution in [-0.2, 0) is 21.4 Å². The molecule has 2 aliphatic rings. The van der Waals surface area contributed by atoms with Gasteiger partial charge in [0, 0.05) is 31.7 Å². The number of aromatic nitrogens is 2. The highest BCUT2D eigenvalue weighted by molar-refractivity contribution is 7.89. The minimum atomic E-state index is -3.51. The quantitative estimate of drug-likeness (QED) is 0.757. The zero-order valence-electron chi connectivity index (χ0n) is 17.5. The average Bonchev–Trinajstić information content (AvgIpc) is 3.04. The Hall–Kier alpha value is -2.39. The molecule has 1 unspecified atom stereocenters. The van der Waals surface area contributed by atoms with Gasteiger partial charge < -0.3 is 10.2 Å². The highest BCUT2D eigenvalue weighted by atomic mass is 32.2. The van der Waals surface area contributed by atoms with Crippen LogP contribution in [0.1, 0.15) is 37.1 Å². The first-order chi connectivity index (χ1) is 14.3. The first-order valence-corrected chi connectivity index (χ1v) is 12.0. The molecule has 0 spiro atoms. The normalized spacial score (nSPS) is 21.1. The molecule has 0 bridgehead atoms. The summed E-state index contributed by atoms with van der Waals surface area (Å²) in [5.74, 6) is 0.310. The molecule has 0 saturated carbocycles. The average molecular weight is 432 g/mol. The van der Waals surface area contributed by atoms with Gasteiger partial charge in [-0.05, 0) is 57.2 Å². The number of benzene rings is 1. The summed E-state index contributed by atoms with van der Waals surface area (Å²) < 4.78 is 29.8. The Kier molecular flexibility index (Phi) is 5.84. The first kappa shape index (κ1) is 20.9. The van der Waals surface area contributed by atoms with Crippen LogP contribution in [0.15, 0.2) is 35.2 Å². The number of nitrogens with zero attached hydrogens (tertiary/aromatic N) is 3. The third-order valence-corrected chi connectivity index (χ3v) is 7.50. The Morgan fingerprint density at radius 3 is 2.63 bits per heavy atom. The van der Waals surface area contributed by atoms with Crippen molar-refractivity contribution in [2.45, 2.75) is 57.1 Å². The number of likely N-dealkylation sites (tertiary alicyclic amines) is 1. The molecule has 30 heavy (non-hydrogen) atoms. The van der Waals surface area contributed by atoms with Crippen molar-refractivity contribution in [3.63, 3.8) is 0 Å². The van der Waals surface area contributed by atoms with Crippen LogP contribution in [0, 0.1) is 19.8 Å². The predicted octanol–water partition coefficient (Wildman–Crippen LogP) is 2.25. The number of carbonyl (C=O) groups is 1. The van der Waals surface area contributed by atoms with Crippen molar-refractivity contribution in [3.05, 3.63) is 41.7 Å². The van der Waals surface area contributed by atoms with Crippen molar-refractivity contribution < 1.29 is 13.2 Å². The highest BCUT2D eigenvalue weighted by Crippen LogP contribution is 2.30. The van der Waals surface area contributed by atoms with Crippen molar-refractivity contribution >= 4 is 21.6 Å². The zero-order chi connectivity index (χ0) is 21.3. The number of amides is 1. The summed E-state index contributed by atoms with van der Waals surface area (Å²) in [5, 5.41) is 7.76. The molecule has 1 aromatic carbocycles. The van der Waals surface area contributed by atoms with Crippen LogP contribution in [0.5, 0.6) is 0 Å². The summed E-state index contributed by atoms with van der Waals surface area (Å²) in [4.78, 5) is 14.8. The molecule has 0 radical (unpaired) electrons. The molecule has 2 aliphatic heterocycles. The SMILES string of the molecule is Cc1cc(C)n(CCCC(=O)N2CCC(C3Nc4ccccc4S(=O)(=O)N3)CC2)n1. The molecular weight excluding hydrogens is 402 g/mol. The number of hydrogen-bond acceptors (Lipinski definition) is 5. The van der Waals surface area contributed by atoms with Crippen LogP contribution >= 0.6 is 0 Å². The van der Waals surface area contributed by atoms with Gasteiger partial charge in [0.25, 0.3) is 0 Å². The van der Waals surface area contributed by atoms with Gasteiger partial charge in [-0.2, -0.15) is 9.82 Å². The Morgan fingerprint density at radius 2 is 1.93 bits per heavy atom. The molecule has 3 heterocycles. The smallest absolute Gasteiger partial charge is 0.244 e. The maximum absolute atomic E-state index is 12.6. The van der Waals surface area contributed by atoms with E-state index in [1.165, 1.54) is 0 Å². The molecule has 8 nitrogen and oxygen atoms in total. The van der Waals surface area contributed by atoms with Crippen molar-refractivity contribution in [2.75, 3.05) is 18.4 Å². The van der Waals surface area contributed by atoms with E-state index in [-0.39, 0.29) is 22.9 Å². The predicted molar refractivity (Wildman–Crippen MR) is 114 cm³/mol. The third-order valence-electron chi connectivity index (χ3n) is 6.00. The number of para-hydroxylation sites is 1. The van der Waals surface area contributed by atoms with Crippen LogP contribution in [-0.4, -0.2) is 48.3 Å². The van der Waals surface area contributed by atoms with E-state index in [1.54, 1.807) is 18.2 Å². The molecule has 162 valence electrons. The number of carbonyl (C=O) groups excluding carboxylic acids is 1. The van der Waals surface area contributed by atoms with Gasteiger partial charge in [0.05, 0.1) is 17.5 Å². The van der Waals surface area contributed by atoms with Crippen LogP contribution in [0.4, 0.5) is 5.69 Å². The largest absolute Gasteiger partial charge is 0.368 e. The van der Waals surface area contributed by atoms with Crippen molar-refractivity contribution in [1.29, 1.82) is 0 Å². The molecule has 1 amide bonds. The number of sulfonamides is 1. The van der Waals surface area contributed by atoms with E-state index in [2.05, 4.69) is 15.1 Å². The summed E-state index contributed by atoms with van der Waals surface area (Å²) in [5.41, 5.74) is 2.75. The first-order valence-electron chi connectivity index (χ1n) is 10.5. The standard InChI is InChI=1S/C21H29N5O3S/c1-15-14-16(2)26(23-15)11-5-8-20(27)25-12-9-17(10-13-25)21-22-18-6-3-4-7-19(18)30(28,29)24-21/h3-4,6-7,14,17,21-22,24H,5,8-13H2,1-2H3. The second-order valence-electron chi connectivity index (χ2n) is 8.21. The van der Waals surface area contributed by atoms with Crippen LogP contribution < -0.4 is 10.0 Å². The lowest BCUT2D eigenvalue weighted by Crippen LogP contribution is -2.52. The minimum absolute atomic E-state index is 0.145. The third kappa shape index (κ3) is 4.37. The lowest BCUT2D eigenvalue weighted by Gasteiger charge is -2.39. The number of aryl methyl sites for hydroxylation is 3. The second kappa shape index (κ2) is 8.39. The summed E-state index contributed by atoms with van der Waals surface area (Å²) in [6.45, 7) is 6.06. The van der Waals surface area contributed by atoms with Gasteiger partial charge in [0.1, 0.15) is 4.90 Å². The van der Waals surface area contributed by atoms with Gasteiger partial charge in [-0.1, -0.05) is 12.1 Å². The van der Waals surface area contributed by atoms with Crippen LogP contribution in [0.3, 0.4) is 0 Å². The lowest BCUT2D eigenvalue weighted by atomic mass is 9.93. The Labute approximate surface area is 177 Å². The highest BCUT2D eigenvalue weighted by Gasteiger charge is 2.35. The monoisotopic (exact) mass is 431 g/mol. The second-order valence-corrected chi connectivity index (χ2v) is 9.89. The van der Waals surface area contributed by atoms with E-state index in [0.29, 0.717) is 25.2 Å². The van der Waals surface area contributed by atoms with Crippen LogP contribution in [0.25, 0.3) is 0 Å². The fourth-order valence-corrected chi connectivity index (χ4v) is 5.77. The Balaban J connectivity index is 1.28. The fraction of sp³-hybridized carbons (Fsp3) is 0.524. The maximum atomic E-state index is 12.6. The van der Waals surface area contributed by atoms with Gasteiger partial charge in [-0.3, -0.25) is 9.48 Å². The molecule has 1 aromatic heterocycles. The molecule has 9 heteroatoms. The zero-order valence-corrected chi connectivity index (χ0v) is 18.3. The van der Waals surface area contributed by atoms with Gasteiger partial charge in [0.15, 0.2) is 0 Å². The molecule has 0 aliphatic carbocycles. The number of hydrogen-bond donors (Lipinski definition) is 2. The summed E-state index contributed by atoms with van der Waals surface area (Å²) >= 11 is 0. The number of anilines is 1. The Morgan fingerprint density at radius 1 is 1.20 bits per heavy atom. The molecule has 2 N–H and O–H groups in total. The van der Waals surface area contributed by atoms with E-state index in [0.717, 1.165) is 37.2 Å². The van der Waals surface area contributed by atoms with Crippen LogP contribution in [0.2, 0.25) is 0 Å². The summed E-state index contributed by atoms with van der Waals surface area (Å²) in [7, 11) is -3.51. The molecule has 2 aromatic rings. The number of rotatable bonds is 5. The van der Waals surface area contributed by atoms with Crippen molar-refractivity contribution in [3.8, 4) is 0 Å². The molecule has 1 fully saturated rings. The van der Waals surface area contributed by atoms with Gasteiger partial charge in [-0.25, -0.2) is 8.42 Å². The van der Waals surface area contributed by atoms with Gasteiger partial charge >= 0.3 is 0 Å². The van der Waals surface area contributed by atoms with Gasteiger partial charge in [0.2, 0.25) is 15.9 Å². The summed E-state index contributed by atoms with van der Waals surface area (Å²) in [6, 6.07) is 8.99. The number of nitrogens with one attached hydrogen (secondary N) is 2. The molecule has 1 saturated heterocycles. The number of fused-ring (bicyclic) bond motifs is 1. The molecule has 1 atom stereocenters. The van der Waals surface area contributed by atoms with E-state index < -0.39 is 10.0 Å². The number of piperidine rings is 1. The van der Waals surface area contributed by atoms with Crippen molar-refractivity contribution in [2.24, 2.45) is 5.92 Å². The van der Waals surface area contributed by atoms with Crippen molar-refractivity contribution in [1.82, 2.24) is 19.4 Å². The van der Waals surface area contributed by atoms with E-state index in [9.17, 15) is 13.2 Å². The van der Waals surface area contributed by atoms with E-state index in [1.807, 2.05) is 35.6 Å². The Bertz CT molecular complexity index is 1030. The van der Waals surface area contributed by atoms with E-state index >= 15 is 0 Å². The molecule has 4 rings (SSSR count). The topological polar surface area (TPSA) is 96.3 Å². The minimum Gasteiger partial charge on any atom is -0.368 e. The lowest BCUT2D eigenvalue weighted by molar-refractivity contribution is -0.132. The van der Waals surface area contributed by atoms with Gasteiger partial charge in [-0.15, -0.1) is 0 Å². The fourth-order valence-electron chi connectivity index (χ4n) is 4.38.